The minimum Gasteiger partial charge on any atom is -0.392 e. The number of hydrogen-bond donors (Lipinski definition) is 1. The fraction of sp³-hybridized carbons (Fsp3) is 0.667. The van der Waals surface area contributed by atoms with E-state index in [9.17, 15) is 5.11 Å². The summed E-state index contributed by atoms with van der Waals surface area (Å²) in [6.07, 6.45) is 6.53. The molecule has 0 amide bonds. The third-order valence-electron chi connectivity index (χ3n) is 4.31. The lowest BCUT2D eigenvalue weighted by Crippen LogP contribution is -2.37. The molecule has 0 unspecified atom stereocenters. The van der Waals surface area contributed by atoms with Crippen LogP contribution in [0.25, 0.3) is 0 Å². The molecule has 1 N–H and O–H groups in total. The van der Waals surface area contributed by atoms with Gasteiger partial charge in [0.05, 0.1) is 11.6 Å². The Hall–Kier alpha value is -0.800. The quantitative estimate of drug-likeness (QED) is 0.920. The van der Waals surface area contributed by atoms with Crippen LogP contribution in [0.5, 0.6) is 0 Å². The summed E-state index contributed by atoms with van der Waals surface area (Å²) in [7, 11) is 2.08. The number of pyridine rings is 1. The number of halogens is 1. The minimum absolute atomic E-state index is 0.0418. The normalized spacial score (nSPS) is 19.4. The SMILES string of the molecule is CN(c1cc(CO)c(Cl)cn1)C1CCC(C)(C)CC1. The molecule has 0 radical (unpaired) electrons. The van der Waals surface area contributed by atoms with Gasteiger partial charge in [-0.25, -0.2) is 4.98 Å². The Balaban J connectivity index is 2.10. The number of rotatable bonds is 3. The smallest absolute Gasteiger partial charge is 0.128 e. The molecule has 1 aliphatic carbocycles. The van der Waals surface area contributed by atoms with Gasteiger partial charge in [0, 0.05) is 24.8 Å². The predicted molar refractivity (Wildman–Crippen MR) is 79.6 cm³/mol. The van der Waals surface area contributed by atoms with Crippen molar-refractivity contribution < 1.29 is 5.11 Å². The highest BCUT2D eigenvalue weighted by Crippen LogP contribution is 2.37. The van der Waals surface area contributed by atoms with E-state index in [-0.39, 0.29) is 6.61 Å². The zero-order valence-electron chi connectivity index (χ0n) is 12.0. The van der Waals surface area contributed by atoms with Gasteiger partial charge in [-0.2, -0.15) is 0 Å². The lowest BCUT2D eigenvalue weighted by atomic mass is 9.75. The Bertz CT molecular complexity index is 438. The van der Waals surface area contributed by atoms with Crippen molar-refractivity contribution in [2.24, 2.45) is 5.41 Å². The molecule has 1 fully saturated rings. The molecule has 1 aromatic heterocycles. The summed E-state index contributed by atoms with van der Waals surface area (Å²) in [5.41, 5.74) is 1.22. The van der Waals surface area contributed by atoms with Crippen LogP contribution >= 0.6 is 11.6 Å². The van der Waals surface area contributed by atoms with Crippen LogP contribution in [0, 0.1) is 5.41 Å². The van der Waals surface area contributed by atoms with E-state index in [4.69, 9.17) is 11.6 Å². The van der Waals surface area contributed by atoms with E-state index in [1.54, 1.807) is 6.20 Å². The molecule has 1 aromatic rings. The molecule has 0 aliphatic heterocycles. The number of hydrogen-bond acceptors (Lipinski definition) is 3. The number of aliphatic hydroxyl groups excluding tert-OH is 1. The minimum atomic E-state index is -0.0418. The van der Waals surface area contributed by atoms with Crippen LogP contribution in [0.4, 0.5) is 5.82 Å². The van der Waals surface area contributed by atoms with E-state index in [0.29, 0.717) is 16.5 Å². The highest BCUT2D eigenvalue weighted by molar-refractivity contribution is 6.31. The zero-order chi connectivity index (χ0) is 14.0. The predicted octanol–water partition coefficient (Wildman–Crippen LogP) is 3.63. The van der Waals surface area contributed by atoms with Crippen LogP contribution in [0.1, 0.15) is 45.1 Å². The van der Waals surface area contributed by atoms with Crippen molar-refractivity contribution in [2.45, 2.75) is 52.2 Å². The van der Waals surface area contributed by atoms with Crippen LogP contribution in [0.2, 0.25) is 5.02 Å². The lowest BCUT2D eigenvalue weighted by Gasteiger charge is -2.39. The summed E-state index contributed by atoms with van der Waals surface area (Å²) in [6.45, 7) is 4.64. The molecular weight excluding hydrogens is 260 g/mol. The molecule has 19 heavy (non-hydrogen) atoms. The second-order valence-corrected chi connectivity index (χ2v) is 6.71. The van der Waals surface area contributed by atoms with Gasteiger partial charge in [-0.15, -0.1) is 0 Å². The molecule has 0 aromatic carbocycles. The highest BCUT2D eigenvalue weighted by atomic mass is 35.5. The van der Waals surface area contributed by atoms with Gasteiger partial charge in [0.25, 0.3) is 0 Å². The second kappa shape index (κ2) is 5.68. The topological polar surface area (TPSA) is 36.4 Å². The maximum absolute atomic E-state index is 9.27. The standard InChI is InChI=1S/C15H23ClN2O/c1-15(2)6-4-12(5-7-15)18(3)14-8-11(10-19)13(16)9-17-14/h8-9,12,19H,4-7,10H2,1-3H3. The van der Waals surface area contributed by atoms with Crippen LogP contribution in [-0.2, 0) is 6.61 Å². The molecule has 1 aliphatic rings. The summed E-state index contributed by atoms with van der Waals surface area (Å²) in [5.74, 6) is 0.901. The first-order valence-corrected chi connectivity index (χ1v) is 7.29. The van der Waals surface area contributed by atoms with Gasteiger partial charge >= 0.3 is 0 Å². The van der Waals surface area contributed by atoms with E-state index in [2.05, 4.69) is 30.8 Å². The molecule has 0 spiro atoms. The first-order valence-electron chi connectivity index (χ1n) is 6.91. The first-order chi connectivity index (χ1) is 8.93. The molecule has 3 nitrogen and oxygen atoms in total. The van der Waals surface area contributed by atoms with Gasteiger partial charge in [-0.1, -0.05) is 25.4 Å². The van der Waals surface area contributed by atoms with E-state index in [1.807, 2.05) is 6.07 Å². The third kappa shape index (κ3) is 3.40. The number of aliphatic hydroxyl groups is 1. The average molecular weight is 283 g/mol. The molecule has 0 atom stereocenters. The lowest BCUT2D eigenvalue weighted by molar-refractivity contribution is 0.222. The van der Waals surface area contributed by atoms with Crippen molar-refractivity contribution in [1.29, 1.82) is 0 Å². The largest absolute Gasteiger partial charge is 0.392 e. The fourth-order valence-corrected chi connectivity index (χ4v) is 2.90. The summed E-state index contributed by atoms with van der Waals surface area (Å²) >= 11 is 5.98. The summed E-state index contributed by atoms with van der Waals surface area (Å²) < 4.78 is 0. The molecule has 2 rings (SSSR count). The molecule has 0 saturated heterocycles. The number of anilines is 1. The van der Waals surface area contributed by atoms with Gasteiger partial charge in [-0.3, -0.25) is 0 Å². The monoisotopic (exact) mass is 282 g/mol. The number of nitrogens with zero attached hydrogens (tertiary/aromatic N) is 2. The van der Waals surface area contributed by atoms with Crippen molar-refractivity contribution in [2.75, 3.05) is 11.9 Å². The van der Waals surface area contributed by atoms with Gasteiger partial charge in [0.2, 0.25) is 0 Å². The average Bonchev–Trinajstić information content (AvgIpc) is 2.38. The Morgan fingerprint density at radius 2 is 2.05 bits per heavy atom. The van der Waals surface area contributed by atoms with E-state index < -0.39 is 0 Å². The van der Waals surface area contributed by atoms with Gasteiger partial charge < -0.3 is 10.0 Å². The fourth-order valence-electron chi connectivity index (χ4n) is 2.74. The van der Waals surface area contributed by atoms with Crippen LogP contribution in [0.3, 0.4) is 0 Å². The van der Waals surface area contributed by atoms with E-state index in [0.717, 1.165) is 11.4 Å². The Morgan fingerprint density at radius 1 is 1.42 bits per heavy atom. The van der Waals surface area contributed by atoms with Crippen LogP contribution < -0.4 is 4.90 Å². The molecule has 106 valence electrons. The molecule has 4 heteroatoms. The van der Waals surface area contributed by atoms with Crippen LogP contribution in [0.15, 0.2) is 12.3 Å². The molecule has 1 saturated carbocycles. The van der Waals surface area contributed by atoms with Crippen molar-refractivity contribution in [3.05, 3.63) is 22.8 Å². The zero-order valence-corrected chi connectivity index (χ0v) is 12.7. The van der Waals surface area contributed by atoms with Crippen molar-refractivity contribution in [1.82, 2.24) is 4.98 Å². The molecule has 0 bridgehead atoms. The van der Waals surface area contributed by atoms with Gasteiger partial charge in [-0.05, 0) is 37.2 Å². The third-order valence-corrected chi connectivity index (χ3v) is 4.65. The molecular formula is C15H23ClN2O. The van der Waals surface area contributed by atoms with Crippen molar-refractivity contribution in [3.63, 3.8) is 0 Å². The first kappa shape index (κ1) is 14.6. The highest BCUT2D eigenvalue weighted by Gasteiger charge is 2.29. The summed E-state index contributed by atoms with van der Waals surface area (Å²) in [4.78, 5) is 6.61. The number of aromatic nitrogens is 1. The van der Waals surface area contributed by atoms with Crippen molar-refractivity contribution in [3.8, 4) is 0 Å². The Labute approximate surface area is 120 Å². The van der Waals surface area contributed by atoms with Gasteiger partial charge in [0.1, 0.15) is 5.82 Å². The summed E-state index contributed by atoms with van der Waals surface area (Å²) in [5, 5.41) is 9.80. The Kier molecular flexibility index (Phi) is 4.36. The van der Waals surface area contributed by atoms with E-state index >= 15 is 0 Å². The Morgan fingerprint density at radius 3 is 2.63 bits per heavy atom. The summed E-state index contributed by atoms with van der Waals surface area (Å²) in [6, 6.07) is 2.43. The van der Waals surface area contributed by atoms with E-state index in [1.165, 1.54) is 25.7 Å². The maximum Gasteiger partial charge on any atom is 0.128 e. The molecule has 1 heterocycles. The van der Waals surface area contributed by atoms with Crippen molar-refractivity contribution >= 4 is 17.4 Å². The van der Waals surface area contributed by atoms with Gasteiger partial charge in [0.15, 0.2) is 0 Å². The van der Waals surface area contributed by atoms with Crippen LogP contribution in [-0.4, -0.2) is 23.2 Å². The maximum atomic E-state index is 9.27. The second-order valence-electron chi connectivity index (χ2n) is 6.30.